The lowest BCUT2D eigenvalue weighted by atomic mass is 10.0. The van der Waals surface area contributed by atoms with Gasteiger partial charge in [0.25, 0.3) is 0 Å². The molecule has 3 nitrogen and oxygen atoms in total. The molecule has 0 radical (unpaired) electrons. The third-order valence-corrected chi connectivity index (χ3v) is 3.96. The van der Waals surface area contributed by atoms with E-state index in [-0.39, 0.29) is 18.4 Å². The number of hydrogen-bond acceptors (Lipinski definition) is 3. The van der Waals surface area contributed by atoms with Gasteiger partial charge in [-0.1, -0.05) is 12.8 Å². The Balaban J connectivity index is 0.00000162. The molecule has 0 bridgehead atoms. The van der Waals surface area contributed by atoms with Crippen molar-refractivity contribution in [1.29, 1.82) is 0 Å². The summed E-state index contributed by atoms with van der Waals surface area (Å²) in [4.78, 5) is 0. The SMILES string of the molecule is COc1cc([C@@H](N)CC2CC2)cc(OC)c1Br.Cl. The van der Waals surface area contributed by atoms with Crippen molar-refractivity contribution in [2.45, 2.75) is 25.3 Å². The molecule has 5 heteroatoms. The van der Waals surface area contributed by atoms with Crippen LogP contribution in [0.2, 0.25) is 0 Å². The summed E-state index contributed by atoms with van der Waals surface area (Å²) in [7, 11) is 3.30. The molecule has 0 aromatic heterocycles. The molecule has 1 atom stereocenters. The summed E-state index contributed by atoms with van der Waals surface area (Å²) in [6.45, 7) is 0. The van der Waals surface area contributed by atoms with Crippen molar-refractivity contribution in [3.8, 4) is 11.5 Å². The van der Waals surface area contributed by atoms with Crippen LogP contribution < -0.4 is 15.2 Å². The first-order valence-electron chi connectivity index (χ1n) is 5.82. The second-order valence-electron chi connectivity index (χ2n) is 4.52. The Morgan fingerprint density at radius 1 is 1.28 bits per heavy atom. The second kappa shape index (κ2) is 6.64. The molecular weight excluding hydrogens is 318 g/mol. The fourth-order valence-corrected chi connectivity index (χ4v) is 2.51. The average Bonchev–Trinajstić information content (AvgIpc) is 3.13. The number of rotatable bonds is 5. The van der Waals surface area contributed by atoms with Gasteiger partial charge in [0.2, 0.25) is 0 Å². The zero-order valence-electron chi connectivity index (χ0n) is 10.6. The maximum absolute atomic E-state index is 6.21. The Labute approximate surface area is 123 Å². The average molecular weight is 337 g/mol. The van der Waals surface area contributed by atoms with Crippen molar-refractivity contribution in [2.75, 3.05) is 14.2 Å². The van der Waals surface area contributed by atoms with Gasteiger partial charge in [0, 0.05) is 6.04 Å². The van der Waals surface area contributed by atoms with Crippen molar-refractivity contribution < 1.29 is 9.47 Å². The summed E-state index contributed by atoms with van der Waals surface area (Å²) < 4.78 is 11.5. The molecule has 18 heavy (non-hydrogen) atoms. The number of hydrogen-bond donors (Lipinski definition) is 1. The van der Waals surface area contributed by atoms with E-state index < -0.39 is 0 Å². The molecule has 0 aliphatic heterocycles. The van der Waals surface area contributed by atoms with Gasteiger partial charge >= 0.3 is 0 Å². The van der Waals surface area contributed by atoms with E-state index in [9.17, 15) is 0 Å². The Bertz CT molecular complexity index is 385. The molecule has 1 fully saturated rings. The molecule has 2 rings (SSSR count). The molecule has 1 aliphatic carbocycles. The van der Waals surface area contributed by atoms with Crippen LogP contribution in [0.1, 0.15) is 30.9 Å². The van der Waals surface area contributed by atoms with Crippen LogP contribution in [-0.2, 0) is 0 Å². The highest BCUT2D eigenvalue weighted by Gasteiger charge is 2.25. The molecular formula is C13H19BrClNO2. The molecule has 1 aliphatic rings. The maximum atomic E-state index is 6.21. The zero-order chi connectivity index (χ0) is 12.4. The first kappa shape index (κ1) is 15.6. The topological polar surface area (TPSA) is 44.5 Å². The van der Waals surface area contributed by atoms with E-state index in [1.54, 1.807) is 14.2 Å². The van der Waals surface area contributed by atoms with E-state index in [0.717, 1.165) is 33.9 Å². The van der Waals surface area contributed by atoms with E-state index in [0.29, 0.717) is 0 Å². The van der Waals surface area contributed by atoms with Crippen LogP contribution in [0.3, 0.4) is 0 Å². The molecule has 0 heterocycles. The van der Waals surface area contributed by atoms with Gasteiger partial charge in [0.15, 0.2) is 0 Å². The van der Waals surface area contributed by atoms with Gasteiger partial charge < -0.3 is 15.2 Å². The van der Waals surface area contributed by atoms with Crippen LogP contribution in [0, 0.1) is 5.92 Å². The van der Waals surface area contributed by atoms with Gasteiger partial charge in [-0.2, -0.15) is 0 Å². The van der Waals surface area contributed by atoms with Gasteiger partial charge in [-0.3, -0.25) is 0 Å². The van der Waals surface area contributed by atoms with Crippen LogP contribution in [0.15, 0.2) is 16.6 Å². The lowest BCUT2D eigenvalue weighted by Gasteiger charge is -2.16. The minimum Gasteiger partial charge on any atom is -0.495 e. The van der Waals surface area contributed by atoms with Gasteiger partial charge in [-0.15, -0.1) is 12.4 Å². The first-order chi connectivity index (χ1) is 8.15. The van der Waals surface area contributed by atoms with Gasteiger partial charge in [0.1, 0.15) is 16.0 Å². The number of halogens is 2. The smallest absolute Gasteiger partial charge is 0.137 e. The monoisotopic (exact) mass is 335 g/mol. The molecule has 0 amide bonds. The van der Waals surface area contributed by atoms with Gasteiger partial charge in [-0.05, 0) is 46.0 Å². The Hall–Kier alpha value is -0.450. The highest BCUT2D eigenvalue weighted by atomic mass is 79.9. The number of benzene rings is 1. The Kier molecular flexibility index (Phi) is 5.76. The molecule has 0 unspecified atom stereocenters. The van der Waals surface area contributed by atoms with Gasteiger partial charge in [0.05, 0.1) is 14.2 Å². The van der Waals surface area contributed by atoms with Crippen LogP contribution in [0.5, 0.6) is 11.5 Å². The number of ether oxygens (including phenoxy) is 2. The maximum Gasteiger partial charge on any atom is 0.137 e. The van der Waals surface area contributed by atoms with Crippen molar-refractivity contribution in [3.63, 3.8) is 0 Å². The summed E-state index contributed by atoms with van der Waals surface area (Å²) in [6.07, 6.45) is 3.69. The van der Waals surface area contributed by atoms with Crippen molar-refractivity contribution in [1.82, 2.24) is 0 Å². The molecule has 0 saturated heterocycles. The fraction of sp³-hybridized carbons (Fsp3) is 0.538. The highest BCUT2D eigenvalue weighted by Crippen LogP contribution is 2.41. The summed E-state index contributed by atoms with van der Waals surface area (Å²) in [5.74, 6) is 2.35. The van der Waals surface area contributed by atoms with Crippen molar-refractivity contribution >= 4 is 28.3 Å². The molecule has 1 aromatic rings. The summed E-state index contributed by atoms with van der Waals surface area (Å²) in [5, 5.41) is 0. The molecule has 102 valence electrons. The van der Waals surface area contributed by atoms with Crippen molar-refractivity contribution in [3.05, 3.63) is 22.2 Å². The van der Waals surface area contributed by atoms with Gasteiger partial charge in [-0.25, -0.2) is 0 Å². The lowest BCUT2D eigenvalue weighted by molar-refractivity contribution is 0.387. The number of methoxy groups -OCH3 is 2. The molecule has 1 aromatic carbocycles. The standard InChI is InChI=1S/C13H18BrNO2.ClH/c1-16-11-6-9(7-12(17-2)13(11)14)10(15)5-8-3-4-8;/h6-8,10H,3-5,15H2,1-2H3;1H/t10-;/m0./s1. The minimum atomic E-state index is 0. The summed E-state index contributed by atoms with van der Waals surface area (Å²) in [6, 6.07) is 4.04. The minimum absolute atomic E-state index is 0. The largest absolute Gasteiger partial charge is 0.495 e. The predicted molar refractivity (Wildman–Crippen MR) is 78.8 cm³/mol. The normalized spacial score (nSPS) is 15.8. The lowest BCUT2D eigenvalue weighted by Crippen LogP contribution is -2.11. The quantitative estimate of drug-likeness (QED) is 0.892. The zero-order valence-corrected chi connectivity index (χ0v) is 13.0. The molecule has 2 N–H and O–H groups in total. The van der Waals surface area contributed by atoms with E-state index in [1.165, 1.54) is 12.8 Å². The Morgan fingerprint density at radius 2 is 1.78 bits per heavy atom. The number of nitrogens with two attached hydrogens (primary N) is 1. The van der Waals surface area contributed by atoms with Crippen LogP contribution in [0.25, 0.3) is 0 Å². The van der Waals surface area contributed by atoms with E-state index in [1.807, 2.05) is 12.1 Å². The van der Waals surface area contributed by atoms with E-state index >= 15 is 0 Å². The van der Waals surface area contributed by atoms with Crippen LogP contribution >= 0.6 is 28.3 Å². The third-order valence-electron chi connectivity index (χ3n) is 3.18. The van der Waals surface area contributed by atoms with E-state index in [2.05, 4.69) is 15.9 Å². The molecule has 0 spiro atoms. The fourth-order valence-electron chi connectivity index (χ4n) is 1.95. The molecule has 1 saturated carbocycles. The third kappa shape index (κ3) is 3.53. The predicted octanol–water partition coefficient (Wildman–Crippen LogP) is 3.69. The second-order valence-corrected chi connectivity index (χ2v) is 5.32. The van der Waals surface area contributed by atoms with Crippen LogP contribution in [-0.4, -0.2) is 14.2 Å². The Morgan fingerprint density at radius 3 is 2.17 bits per heavy atom. The summed E-state index contributed by atoms with van der Waals surface area (Å²) in [5.41, 5.74) is 7.28. The van der Waals surface area contributed by atoms with Crippen LogP contribution in [0.4, 0.5) is 0 Å². The summed E-state index contributed by atoms with van der Waals surface area (Å²) >= 11 is 3.46. The first-order valence-corrected chi connectivity index (χ1v) is 6.62. The van der Waals surface area contributed by atoms with Crippen molar-refractivity contribution in [2.24, 2.45) is 11.7 Å². The van der Waals surface area contributed by atoms with E-state index in [4.69, 9.17) is 15.2 Å². The highest BCUT2D eigenvalue weighted by molar-refractivity contribution is 9.10.